The zero-order valence-electron chi connectivity index (χ0n) is 8.89. The Balaban J connectivity index is 1.94. The zero-order valence-corrected chi connectivity index (χ0v) is 10.5. The normalized spacial score (nSPS) is 17.6. The first kappa shape index (κ1) is 11.8. The third kappa shape index (κ3) is 2.93. The summed E-state index contributed by atoms with van der Waals surface area (Å²) in [4.78, 5) is 11.7. The molecular formula is C11H14BrNO3. The third-order valence-corrected chi connectivity index (χ3v) is 3.08. The maximum absolute atomic E-state index is 11.7. The van der Waals surface area contributed by atoms with Crippen LogP contribution in [-0.2, 0) is 16.0 Å². The van der Waals surface area contributed by atoms with E-state index in [1.807, 2.05) is 6.07 Å². The minimum Gasteiger partial charge on any atom is -0.353 e. The van der Waals surface area contributed by atoms with E-state index in [9.17, 15) is 4.79 Å². The van der Waals surface area contributed by atoms with Crippen LogP contribution in [0, 0.1) is 0 Å². The molecular weight excluding hydrogens is 274 g/mol. The fourth-order valence-corrected chi connectivity index (χ4v) is 2.01. The Bertz CT molecular complexity index is 398. The maximum atomic E-state index is 11.7. The minimum atomic E-state index is -0.167. The van der Waals surface area contributed by atoms with Crippen LogP contribution in [0.15, 0.2) is 27.6 Å². The molecule has 0 bridgehead atoms. The number of aromatic nitrogens is 1. The van der Waals surface area contributed by atoms with Gasteiger partial charge in [0, 0.05) is 19.2 Å². The van der Waals surface area contributed by atoms with Crippen molar-refractivity contribution in [3.8, 4) is 0 Å². The molecule has 0 aromatic carbocycles. The quantitative estimate of drug-likeness (QED) is 0.851. The van der Waals surface area contributed by atoms with Gasteiger partial charge in [0.2, 0.25) is 0 Å². The Labute approximate surface area is 102 Å². The summed E-state index contributed by atoms with van der Waals surface area (Å²) in [6.45, 7) is 2.11. The Morgan fingerprint density at radius 1 is 1.44 bits per heavy atom. The second kappa shape index (κ2) is 5.61. The first-order valence-electron chi connectivity index (χ1n) is 5.35. The molecule has 4 nitrogen and oxygen atoms in total. The van der Waals surface area contributed by atoms with Gasteiger partial charge in [0.25, 0.3) is 5.56 Å². The molecule has 0 radical (unpaired) electrons. The largest absolute Gasteiger partial charge is 0.353 e. The molecule has 1 aromatic heterocycles. The van der Waals surface area contributed by atoms with Gasteiger partial charge in [0.15, 0.2) is 6.29 Å². The predicted octanol–water partition coefficient (Wildman–Crippen LogP) is 1.76. The van der Waals surface area contributed by atoms with Crippen LogP contribution in [0.1, 0.15) is 12.8 Å². The third-order valence-electron chi connectivity index (χ3n) is 2.48. The maximum Gasteiger partial charge on any atom is 0.264 e. The fourth-order valence-electron chi connectivity index (χ4n) is 1.63. The molecule has 2 rings (SSSR count). The highest BCUT2D eigenvalue weighted by Gasteiger charge is 2.14. The van der Waals surface area contributed by atoms with E-state index in [1.165, 1.54) is 0 Å². The minimum absolute atomic E-state index is 0.0155. The van der Waals surface area contributed by atoms with Crippen LogP contribution in [0.3, 0.4) is 0 Å². The smallest absolute Gasteiger partial charge is 0.264 e. The van der Waals surface area contributed by atoms with Gasteiger partial charge in [-0.3, -0.25) is 4.79 Å². The highest BCUT2D eigenvalue weighted by molar-refractivity contribution is 9.10. The monoisotopic (exact) mass is 287 g/mol. The van der Waals surface area contributed by atoms with Crippen LogP contribution in [0.2, 0.25) is 0 Å². The van der Waals surface area contributed by atoms with Gasteiger partial charge in [-0.05, 0) is 34.5 Å². The summed E-state index contributed by atoms with van der Waals surface area (Å²) in [7, 11) is 0. The molecule has 0 amide bonds. The molecule has 0 N–H and O–H groups in total. The molecule has 1 fully saturated rings. The van der Waals surface area contributed by atoms with Gasteiger partial charge in [0.1, 0.15) is 0 Å². The molecule has 16 heavy (non-hydrogen) atoms. The van der Waals surface area contributed by atoms with E-state index >= 15 is 0 Å². The predicted molar refractivity (Wildman–Crippen MR) is 63.3 cm³/mol. The van der Waals surface area contributed by atoms with Crippen molar-refractivity contribution < 1.29 is 9.47 Å². The average molecular weight is 288 g/mol. The summed E-state index contributed by atoms with van der Waals surface area (Å²) in [6, 6.07) is 3.58. The van der Waals surface area contributed by atoms with Crippen molar-refractivity contribution >= 4 is 15.9 Å². The molecule has 2 heterocycles. The van der Waals surface area contributed by atoms with E-state index in [1.54, 1.807) is 16.8 Å². The molecule has 5 heteroatoms. The molecule has 0 atom stereocenters. The van der Waals surface area contributed by atoms with E-state index in [0.717, 1.165) is 19.6 Å². The van der Waals surface area contributed by atoms with E-state index in [4.69, 9.17) is 9.47 Å². The molecule has 88 valence electrons. The van der Waals surface area contributed by atoms with E-state index < -0.39 is 0 Å². The number of nitrogens with zero attached hydrogens (tertiary/aromatic N) is 1. The van der Waals surface area contributed by atoms with E-state index in [0.29, 0.717) is 17.4 Å². The zero-order chi connectivity index (χ0) is 11.4. The van der Waals surface area contributed by atoms with Crippen LogP contribution in [0.4, 0.5) is 0 Å². The van der Waals surface area contributed by atoms with Crippen molar-refractivity contribution in [3.05, 3.63) is 33.2 Å². The SMILES string of the molecule is O=c1c(Br)cccn1CCC1OCCCO1. The van der Waals surface area contributed by atoms with Crippen LogP contribution >= 0.6 is 15.9 Å². The fraction of sp³-hybridized carbons (Fsp3) is 0.545. The Morgan fingerprint density at radius 3 is 2.94 bits per heavy atom. The van der Waals surface area contributed by atoms with Gasteiger partial charge in [-0.25, -0.2) is 0 Å². The summed E-state index contributed by atoms with van der Waals surface area (Å²) < 4.78 is 13.1. The number of ether oxygens (including phenoxy) is 2. The number of rotatable bonds is 3. The topological polar surface area (TPSA) is 40.5 Å². The van der Waals surface area contributed by atoms with Crippen molar-refractivity contribution in [1.82, 2.24) is 4.57 Å². The van der Waals surface area contributed by atoms with Gasteiger partial charge >= 0.3 is 0 Å². The molecule has 1 aliphatic rings. The summed E-state index contributed by atoms with van der Waals surface area (Å²) in [5, 5.41) is 0. The van der Waals surface area contributed by atoms with Crippen molar-refractivity contribution in [3.63, 3.8) is 0 Å². The lowest BCUT2D eigenvalue weighted by atomic mass is 10.3. The van der Waals surface area contributed by atoms with Gasteiger partial charge in [-0.2, -0.15) is 0 Å². The number of aryl methyl sites for hydroxylation is 1. The number of hydrogen-bond donors (Lipinski definition) is 0. The van der Waals surface area contributed by atoms with Gasteiger partial charge < -0.3 is 14.0 Å². The van der Waals surface area contributed by atoms with E-state index in [-0.39, 0.29) is 11.8 Å². The lowest BCUT2D eigenvalue weighted by molar-refractivity contribution is -0.182. The molecule has 1 aromatic rings. The van der Waals surface area contributed by atoms with Crippen LogP contribution in [0.25, 0.3) is 0 Å². The first-order chi connectivity index (χ1) is 7.77. The van der Waals surface area contributed by atoms with Gasteiger partial charge in [0.05, 0.1) is 17.7 Å². The average Bonchev–Trinajstić information content (AvgIpc) is 2.32. The number of hydrogen-bond acceptors (Lipinski definition) is 3. The lowest BCUT2D eigenvalue weighted by Gasteiger charge is -2.23. The Hall–Kier alpha value is -0.650. The van der Waals surface area contributed by atoms with E-state index in [2.05, 4.69) is 15.9 Å². The van der Waals surface area contributed by atoms with Crippen LogP contribution < -0.4 is 5.56 Å². The molecule has 1 aliphatic heterocycles. The Morgan fingerprint density at radius 2 is 2.19 bits per heavy atom. The first-order valence-corrected chi connectivity index (χ1v) is 6.15. The number of halogens is 1. The summed E-state index contributed by atoms with van der Waals surface area (Å²) >= 11 is 3.22. The van der Waals surface area contributed by atoms with Crippen LogP contribution in [-0.4, -0.2) is 24.1 Å². The lowest BCUT2D eigenvalue weighted by Crippen LogP contribution is -2.28. The summed E-state index contributed by atoms with van der Waals surface area (Å²) in [5.41, 5.74) is -0.0155. The summed E-state index contributed by atoms with van der Waals surface area (Å²) in [5.74, 6) is 0. The number of pyridine rings is 1. The standard InChI is InChI=1S/C11H14BrNO3/c12-9-3-1-5-13(11(9)14)6-4-10-15-7-2-8-16-10/h1,3,5,10H,2,4,6-8H2. The van der Waals surface area contributed by atoms with Crippen molar-refractivity contribution in [2.24, 2.45) is 0 Å². The molecule has 0 unspecified atom stereocenters. The Kier molecular flexibility index (Phi) is 4.15. The molecule has 0 saturated carbocycles. The molecule has 1 saturated heterocycles. The van der Waals surface area contributed by atoms with Crippen molar-refractivity contribution in [2.75, 3.05) is 13.2 Å². The highest BCUT2D eigenvalue weighted by atomic mass is 79.9. The summed E-state index contributed by atoms with van der Waals surface area (Å²) in [6.07, 6.45) is 3.26. The van der Waals surface area contributed by atoms with Gasteiger partial charge in [-0.15, -0.1) is 0 Å². The van der Waals surface area contributed by atoms with Gasteiger partial charge in [-0.1, -0.05) is 0 Å². The van der Waals surface area contributed by atoms with Crippen LogP contribution in [0.5, 0.6) is 0 Å². The molecule has 0 aliphatic carbocycles. The molecule has 0 spiro atoms. The van der Waals surface area contributed by atoms with Crippen molar-refractivity contribution in [2.45, 2.75) is 25.7 Å². The second-order valence-electron chi connectivity index (χ2n) is 3.67. The highest BCUT2D eigenvalue weighted by Crippen LogP contribution is 2.09. The van der Waals surface area contributed by atoms with Crippen molar-refractivity contribution in [1.29, 1.82) is 0 Å². The second-order valence-corrected chi connectivity index (χ2v) is 4.52.